The molecule has 244 valence electrons. The summed E-state index contributed by atoms with van der Waals surface area (Å²) in [5, 5.41) is 16.5. The first-order valence-electron chi connectivity index (χ1n) is 17.5. The van der Waals surface area contributed by atoms with Crippen molar-refractivity contribution >= 4 is 44.6 Å². The van der Waals surface area contributed by atoms with Gasteiger partial charge in [-0.3, -0.25) is 5.32 Å². The predicted octanol–water partition coefficient (Wildman–Crippen LogP) is 7.61. The van der Waals surface area contributed by atoms with Gasteiger partial charge in [0.05, 0.1) is 0 Å². The molecule has 0 bridgehead atoms. The summed E-state index contributed by atoms with van der Waals surface area (Å²) in [5.41, 5.74) is 13.5. The Bertz CT molecular complexity index is 2400. The number of benzene rings is 4. The zero-order valence-corrected chi connectivity index (χ0v) is 27.5. The van der Waals surface area contributed by atoms with Crippen LogP contribution in [0.3, 0.4) is 0 Å². The van der Waals surface area contributed by atoms with Crippen LogP contribution < -0.4 is 26.2 Å². The minimum absolute atomic E-state index is 0.0660. The van der Waals surface area contributed by atoms with Gasteiger partial charge in [0.2, 0.25) is 0 Å². The van der Waals surface area contributed by atoms with Crippen molar-refractivity contribution in [3.8, 4) is 0 Å². The number of aromatic amines is 1. The van der Waals surface area contributed by atoms with Crippen molar-refractivity contribution < 1.29 is 0 Å². The third kappa shape index (κ3) is 4.89. The number of aromatic nitrogens is 1. The number of anilines is 2. The summed E-state index contributed by atoms with van der Waals surface area (Å²) in [6, 6.07) is 33.2. The van der Waals surface area contributed by atoms with Crippen LogP contribution in [0.5, 0.6) is 0 Å². The maximum absolute atomic E-state index is 5.23. The zero-order valence-electron chi connectivity index (χ0n) is 27.5. The number of nitrogens with zero attached hydrogens (tertiary/aromatic N) is 2. The summed E-state index contributed by atoms with van der Waals surface area (Å²) in [5.74, 6) is 1.16. The highest BCUT2D eigenvalue weighted by Gasteiger charge is 2.37. The van der Waals surface area contributed by atoms with Gasteiger partial charge in [0.25, 0.3) is 0 Å². The first kappa shape index (κ1) is 28.9. The number of H-pyrrole nitrogens is 1. The third-order valence-electron chi connectivity index (χ3n) is 10.5. The molecular formula is C43H37N7. The summed E-state index contributed by atoms with van der Waals surface area (Å²) < 4.78 is 0. The van der Waals surface area contributed by atoms with Gasteiger partial charge in [-0.15, -0.1) is 0 Å². The average Bonchev–Trinajstić information content (AvgIpc) is 3.73. The lowest BCUT2D eigenvalue weighted by molar-refractivity contribution is 0.467. The van der Waals surface area contributed by atoms with Gasteiger partial charge >= 0.3 is 0 Å². The molecule has 0 spiro atoms. The Balaban J connectivity index is 1.02. The number of aliphatic imine (C=N–C) groups is 1. The van der Waals surface area contributed by atoms with E-state index in [0.717, 1.165) is 42.2 Å². The van der Waals surface area contributed by atoms with Gasteiger partial charge in [0.1, 0.15) is 18.2 Å². The molecule has 1 aliphatic carbocycles. The van der Waals surface area contributed by atoms with E-state index in [1.165, 1.54) is 55.5 Å². The van der Waals surface area contributed by atoms with E-state index in [1.807, 2.05) is 12.4 Å². The molecular weight excluding hydrogens is 615 g/mol. The van der Waals surface area contributed by atoms with Crippen molar-refractivity contribution in [3.63, 3.8) is 0 Å². The summed E-state index contributed by atoms with van der Waals surface area (Å²) in [4.78, 5) is 11.3. The molecule has 3 atom stereocenters. The van der Waals surface area contributed by atoms with Crippen molar-refractivity contribution in [2.24, 2.45) is 4.99 Å². The first-order chi connectivity index (χ1) is 24.8. The summed E-state index contributed by atoms with van der Waals surface area (Å²) in [6.45, 7) is 1.61. The summed E-state index contributed by atoms with van der Waals surface area (Å²) in [6.07, 6.45) is 18.1. The number of hydrogen-bond acceptors (Lipinski definition) is 6. The SMILES string of the molecule is C1=CC(C2N=C(c3cccc(N4C5=CC=C(c6ccc7[nH]c8ccccc8c7c6)CC5c5ccccc54)c3)NC(C3=CCNC=C3)N2)=CCN1. The molecule has 0 amide bonds. The molecule has 1 aromatic heterocycles. The molecule has 3 unspecified atom stereocenters. The molecule has 50 heavy (non-hydrogen) atoms. The number of fused-ring (bicyclic) bond motifs is 6. The fraction of sp³-hybridized carbons (Fsp3) is 0.140. The van der Waals surface area contributed by atoms with Crippen LogP contribution in [0, 0.1) is 0 Å². The molecule has 0 saturated heterocycles. The number of rotatable bonds is 5. The standard InChI is InChI=1S/C43H37N7/c1-3-10-37-33(8-1)35-25-29(12-14-38(35)46-37)30-13-15-40-36(26-30)34-9-2-4-11-39(34)50(40)32-7-5-6-31(24-32)43-48-41(27-16-20-44-21-17-27)47-42(49-43)28-18-22-45-23-19-28/h1-20,22,24-25,36,41-42,44-47H,21,23,26H2,(H,48,49). The van der Waals surface area contributed by atoms with Gasteiger partial charge in [-0.25, -0.2) is 4.99 Å². The second-order valence-electron chi connectivity index (χ2n) is 13.4. The Morgan fingerprint density at radius 3 is 2.40 bits per heavy atom. The largest absolute Gasteiger partial charge is 0.387 e. The molecule has 0 saturated carbocycles. The summed E-state index contributed by atoms with van der Waals surface area (Å²) >= 11 is 0. The Labute approximate surface area is 291 Å². The quantitative estimate of drug-likeness (QED) is 0.135. The van der Waals surface area contributed by atoms with Crippen LogP contribution in [0.2, 0.25) is 0 Å². The van der Waals surface area contributed by atoms with Crippen molar-refractivity contribution in [1.82, 2.24) is 26.3 Å². The zero-order chi connectivity index (χ0) is 33.0. The lowest BCUT2D eigenvalue weighted by Gasteiger charge is -2.34. The molecule has 10 rings (SSSR count). The first-order valence-corrected chi connectivity index (χ1v) is 17.5. The van der Waals surface area contributed by atoms with Crippen molar-refractivity contribution in [2.75, 3.05) is 18.0 Å². The third-order valence-corrected chi connectivity index (χ3v) is 10.5. The van der Waals surface area contributed by atoms with Crippen molar-refractivity contribution in [3.05, 3.63) is 173 Å². The van der Waals surface area contributed by atoms with E-state index in [4.69, 9.17) is 4.99 Å². The number of para-hydroxylation sites is 2. The Morgan fingerprint density at radius 1 is 0.700 bits per heavy atom. The summed E-state index contributed by atoms with van der Waals surface area (Å²) in [7, 11) is 0. The Kier molecular flexibility index (Phi) is 6.84. The van der Waals surface area contributed by atoms with E-state index in [9.17, 15) is 0 Å². The normalized spacial score (nSPS) is 22.4. The molecule has 5 aromatic rings. The molecule has 0 radical (unpaired) electrons. The fourth-order valence-corrected chi connectivity index (χ4v) is 8.06. The highest BCUT2D eigenvalue weighted by molar-refractivity contribution is 6.08. The Hall–Kier alpha value is -6.05. The van der Waals surface area contributed by atoms with Crippen LogP contribution in [0.15, 0.2) is 162 Å². The van der Waals surface area contributed by atoms with Gasteiger partial charge < -0.3 is 25.8 Å². The smallest absolute Gasteiger partial charge is 0.131 e. The van der Waals surface area contributed by atoms with Crippen LogP contribution in [0.25, 0.3) is 27.4 Å². The topological polar surface area (TPSA) is 79.5 Å². The highest BCUT2D eigenvalue weighted by Crippen LogP contribution is 2.52. The van der Waals surface area contributed by atoms with Gasteiger partial charge in [-0.05, 0) is 101 Å². The molecule has 7 heteroatoms. The number of hydrogen-bond donors (Lipinski definition) is 5. The van der Waals surface area contributed by atoms with E-state index < -0.39 is 0 Å². The van der Waals surface area contributed by atoms with Gasteiger partial charge in [-0.2, -0.15) is 0 Å². The highest BCUT2D eigenvalue weighted by atomic mass is 15.3. The Morgan fingerprint density at radius 2 is 1.52 bits per heavy atom. The predicted molar refractivity (Wildman–Crippen MR) is 205 cm³/mol. The monoisotopic (exact) mass is 651 g/mol. The number of amidine groups is 1. The molecule has 5 heterocycles. The van der Waals surface area contributed by atoms with Crippen molar-refractivity contribution in [1.29, 1.82) is 0 Å². The number of nitrogens with one attached hydrogen (secondary N) is 5. The minimum atomic E-state index is -0.160. The van der Waals surface area contributed by atoms with E-state index in [-0.39, 0.29) is 18.2 Å². The molecule has 4 aliphatic heterocycles. The number of dihydropyridines is 2. The van der Waals surface area contributed by atoms with Crippen molar-refractivity contribution in [2.45, 2.75) is 24.7 Å². The lowest BCUT2D eigenvalue weighted by atomic mass is 9.84. The lowest BCUT2D eigenvalue weighted by Crippen LogP contribution is -2.55. The number of allylic oxidation sites excluding steroid dienone is 4. The van der Waals surface area contributed by atoms with Crippen LogP contribution >= 0.6 is 0 Å². The fourth-order valence-electron chi connectivity index (χ4n) is 8.06. The van der Waals surface area contributed by atoms with Gasteiger partial charge in [0.15, 0.2) is 0 Å². The van der Waals surface area contributed by atoms with Crippen LogP contribution in [0.4, 0.5) is 11.4 Å². The molecule has 4 aromatic carbocycles. The van der Waals surface area contributed by atoms with E-state index >= 15 is 0 Å². The van der Waals surface area contributed by atoms with Crippen LogP contribution in [-0.2, 0) is 0 Å². The maximum Gasteiger partial charge on any atom is 0.131 e. The van der Waals surface area contributed by atoms with Crippen LogP contribution in [-0.4, -0.2) is 36.2 Å². The van der Waals surface area contributed by atoms with E-state index in [2.05, 4.69) is 159 Å². The van der Waals surface area contributed by atoms with Gasteiger partial charge in [0, 0.05) is 63.4 Å². The van der Waals surface area contributed by atoms with E-state index in [0.29, 0.717) is 0 Å². The second kappa shape index (κ2) is 11.8. The molecule has 0 fully saturated rings. The molecule has 7 nitrogen and oxygen atoms in total. The minimum Gasteiger partial charge on any atom is -0.387 e. The van der Waals surface area contributed by atoms with E-state index in [1.54, 1.807) is 0 Å². The maximum atomic E-state index is 5.23. The molecule has 5 aliphatic rings. The van der Waals surface area contributed by atoms with Gasteiger partial charge in [-0.1, -0.05) is 72.8 Å². The molecule has 5 N–H and O–H groups in total. The second-order valence-corrected chi connectivity index (χ2v) is 13.4. The van der Waals surface area contributed by atoms with Crippen LogP contribution in [0.1, 0.15) is 29.0 Å². The average molecular weight is 652 g/mol.